The highest BCUT2D eigenvalue weighted by molar-refractivity contribution is 7.89. The van der Waals surface area contributed by atoms with Gasteiger partial charge in [0.15, 0.2) is 0 Å². The van der Waals surface area contributed by atoms with Gasteiger partial charge in [-0.05, 0) is 37.3 Å². The van der Waals surface area contributed by atoms with Crippen LogP contribution < -0.4 is 5.32 Å². The van der Waals surface area contributed by atoms with Gasteiger partial charge in [0.05, 0.1) is 17.6 Å². The lowest BCUT2D eigenvalue weighted by Gasteiger charge is -2.31. The van der Waals surface area contributed by atoms with Crippen LogP contribution in [-0.2, 0) is 14.8 Å². The Labute approximate surface area is 177 Å². The zero-order chi connectivity index (χ0) is 20.9. The minimum Gasteiger partial charge on any atom is -0.356 e. The maximum absolute atomic E-state index is 13.2. The molecule has 3 rings (SSSR count). The number of sulfonamides is 1. The van der Waals surface area contributed by atoms with E-state index < -0.39 is 10.0 Å². The van der Waals surface area contributed by atoms with Gasteiger partial charge in [0.2, 0.25) is 15.9 Å². The minimum atomic E-state index is -3.72. The molecule has 0 radical (unpaired) electrons. The predicted molar refractivity (Wildman–Crippen MR) is 115 cm³/mol. The summed E-state index contributed by atoms with van der Waals surface area (Å²) in [5, 5.41) is 3.07. The summed E-state index contributed by atoms with van der Waals surface area (Å²) in [6.45, 7) is 5.63. The van der Waals surface area contributed by atoms with Crippen LogP contribution in [0.15, 0.2) is 23.1 Å². The molecule has 1 aliphatic rings. The lowest BCUT2D eigenvalue weighted by molar-refractivity contribution is -0.126. The first kappa shape index (κ1) is 22.1. The highest BCUT2D eigenvalue weighted by Crippen LogP contribution is 2.28. The van der Waals surface area contributed by atoms with Crippen molar-refractivity contribution in [1.82, 2.24) is 18.4 Å². The molecule has 1 aromatic heterocycles. The summed E-state index contributed by atoms with van der Waals surface area (Å²) < 4.78 is 36.2. The van der Waals surface area contributed by atoms with E-state index in [2.05, 4.69) is 27.9 Å². The Balaban J connectivity index is 1.67. The summed E-state index contributed by atoms with van der Waals surface area (Å²) in [6.07, 6.45) is 5.87. The van der Waals surface area contributed by atoms with E-state index in [9.17, 15) is 13.2 Å². The summed E-state index contributed by atoms with van der Waals surface area (Å²) in [4.78, 5) is 12.9. The van der Waals surface area contributed by atoms with E-state index in [1.54, 1.807) is 18.2 Å². The van der Waals surface area contributed by atoms with Crippen LogP contribution in [-0.4, -0.2) is 47.0 Å². The van der Waals surface area contributed by atoms with Gasteiger partial charge in [0.1, 0.15) is 15.9 Å². The van der Waals surface area contributed by atoms with Crippen molar-refractivity contribution in [3.05, 3.63) is 18.2 Å². The number of hydrogen-bond acceptors (Lipinski definition) is 6. The summed E-state index contributed by atoms with van der Waals surface area (Å²) in [7, 11) is -3.72. The largest absolute Gasteiger partial charge is 0.356 e. The smallest absolute Gasteiger partial charge is 0.245 e. The average molecular weight is 439 g/mol. The molecular weight excluding hydrogens is 408 g/mol. The van der Waals surface area contributed by atoms with Gasteiger partial charge in [-0.15, -0.1) is 0 Å². The quantitative estimate of drug-likeness (QED) is 0.648. The second-order valence-corrected chi connectivity index (χ2v) is 10.2. The van der Waals surface area contributed by atoms with Crippen LogP contribution in [0.25, 0.3) is 11.0 Å². The SMILES string of the molecule is CCCC[C@H](CC)CNC(=O)[C@@H]1CCCN(S(=O)(=O)c2cccc3nsnc23)C1. The van der Waals surface area contributed by atoms with Crippen molar-refractivity contribution in [2.75, 3.05) is 19.6 Å². The van der Waals surface area contributed by atoms with Crippen LogP contribution in [0, 0.1) is 11.8 Å². The summed E-state index contributed by atoms with van der Waals surface area (Å²) in [5.74, 6) is 0.139. The monoisotopic (exact) mass is 438 g/mol. The normalized spacial score (nSPS) is 19.3. The van der Waals surface area contributed by atoms with Crippen molar-refractivity contribution in [2.24, 2.45) is 11.8 Å². The Kier molecular flexibility index (Phi) is 7.59. The number of nitrogens with one attached hydrogen (secondary N) is 1. The van der Waals surface area contributed by atoms with Crippen LogP contribution in [0.2, 0.25) is 0 Å². The molecule has 29 heavy (non-hydrogen) atoms. The molecule has 2 atom stereocenters. The van der Waals surface area contributed by atoms with Crippen LogP contribution >= 0.6 is 11.7 Å². The number of hydrogen-bond donors (Lipinski definition) is 1. The molecule has 0 spiro atoms. The number of fused-ring (bicyclic) bond motifs is 1. The number of aromatic nitrogens is 2. The molecule has 0 unspecified atom stereocenters. The van der Waals surface area contributed by atoms with Gasteiger partial charge in [-0.1, -0.05) is 39.2 Å². The van der Waals surface area contributed by atoms with E-state index in [-0.39, 0.29) is 23.3 Å². The Morgan fingerprint density at radius 2 is 2.17 bits per heavy atom. The fourth-order valence-corrected chi connectivity index (χ4v) is 6.11. The number of carbonyl (C=O) groups is 1. The van der Waals surface area contributed by atoms with Gasteiger partial charge in [-0.2, -0.15) is 13.1 Å². The Hall–Kier alpha value is -1.58. The van der Waals surface area contributed by atoms with Crippen molar-refractivity contribution in [3.8, 4) is 0 Å². The highest BCUT2D eigenvalue weighted by atomic mass is 32.2. The van der Waals surface area contributed by atoms with Crippen molar-refractivity contribution in [1.29, 1.82) is 0 Å². The maximum atomic E-state index is 13.2. The standard InChI is InChI=1S/C20H30N4O3S2/c1-3-5-8-15(4-2)13-21-20(25)16-9-7-12-24(14-16)29(26,27)18-11-6-10-17-19(18)23-28-22-17/h6,10-11,15-16H,3-5,7-9,12-14H2,1-2H3,(H,21,25)/t15-,16+/m0/s1. The van der Waals surface area contributed by atoms with Crippen molar-refractivity contribution in [2.45, 2.75) is 57.3 Å². The van der Waals surface area contributed by atoms with Crippen LogP contribution in [0.4, 0.5) is 0 Å². The van der Waals surface area contributed by atoms with Gasteiger partial charge in [0.25, 0.3) is 0 Å². The first-order valence-corrected chi connectivity index (χ1v) is 12.6. The lowest BCUT2D eigenvalue weighted by Crippen LogP contribution is -2.46. The van der Waals surface area contributed by atoms with Gasteiger partial charge >= 0.3 is 0 Å². The third-order valence-electron chi connectivity index (χ3n) is 5.73. The first-order chi connectivity index (χ1) is 14.0. The number of rotatable bonds is 9. The second-order valence-electron chi connectivity index (χ2n) is 7.75. The van der Waals surface area contributed by atoms with Gasteiger partial charge in [0, 0.05) is 19.6 Å². The number of amides is 1. The summed E-state index contributed by atoms with van der Waals surface area (Å²) in [5.41, 5.74) is 0.992. The molecule has 1 fully saturated rings. The van der Waals surface area contributed by atoms with E-state index in [1.807, 2.05) is 0 Å². The number of unbranched alkanes of at least 4 members (excludes halogenated alkanes) is 1. The van der Waals surface area contributed by atoms with Crippen LogP contribution in [0.3, 0.4) is 0 Å². The third kappa shape index (κ3) is 5.13. The maximum Gasteiger partial charge on any atom is 0.245 e. The molecule has 9 heteroatoms. The topological polar surface area (TPSA) is 92.3 Å². The number of benzene rings is 1. The molecule has 2 heterocycles. The Bertz CT molecular complexity index is 929. The average Bonchev–Trinajstić information content (AvgIpc) is 3.22. The predicted octanol–water partition coefficient (Wildman–Crippen LogP) is 3.42. The molecule has 1 saturated heterocycles. The molecule has 1 N–H and O–H groups in total. The summed E-state index contributed by atoms with van der Waals surface area (Å²) in [6, 6.07) is 5.02. The van der Waals surface area contributed by atoms with E-state index in [0.29, 0.717) is 42.9 Å². The third-order valence-corrected chi connectivity index (χ3v) is 8.17. The molecule has 2 aromatic rings. The van der Waals surface area contributed by atoms with E-state index in [4.69, 9.17) is 0 Å². The number of carbonyl (C=O) groups excluding carboxylic acids is 1. The first-order valence-electron chi connectivity index (χ1n) is 10.5. The number of nitrogens with zero attached hydrogens (tertiary/aromatic N) is 3. The fourth-order valence-electron chi connectivity index (χ4n) is 3.84. The zero-order valence-corrected chi connectivity index (χ0v) is 18.8. The molecule has 160 valence electrons. The molecule has 0 aliphatic carbocycles. The van der Waals surface area contributed by atoms with Crippen molar-refractivity contribution < 1.29 is 13.2 Å². The molecule has 7 nitrogen and oxygen atoms in total. The van der Waals surface area contributed by atoms with Crippen LogP contribution in [0.1, 0.15) is 52.4 Å². The molecule has 1 amide bonds. The molecule has 1 aromatic carbocycles. The molecule has 0 bridgehead atoms. The van der Waals surface area contributed by atoms with E-state index in [1.165, 1.54) is 10.7 Å². The van der Waals surface area contributed by atoms with Gasteiger partial charge in [-0.3, -0.25) is 4.79 Å². The molecule has 0 saturated carbocycles. The minimum absolute atomic E-state index is 0.0339. The number of piperidine rings is 1. The van der Waals surface area contributed by atoms with Crippen molar-refractivity contribution in [3.63, 3.8) is 0 Å². The Morgan fingerprint density at radius 3 is 2.93 bits per heavy atom. The van der Waals surface area contributed by atoms with Crippen LogP contribution in [0.5, 0.6) is 0 Å². The van der Waals surface area contributed by atoms with E-state index >= 15 is 0 Å². The Morgan fingerprint density at radius 1 is 1.34 bits per heavy atom. The van der Waals surface area contributed by atoms with Gasteiger partial charge < -0.3 is 5.32 Å². The fraction of sp³-hybridized carbons (Fsp3) is 0.650. The van der Waals surface area contributed by atoms with E-state index in [0.717, 1.165) is 31.0 Å². The molecule has 1 aliphatic heterocycles. The zero-order valence-electron chi connectivity index (χ0n) is 17.1. The highest BCUT2D eigenvalue weighted by Gasteiger charge is 2.34. The second kappa shape index (κ2) is 9.95. The van der Waals surface area contributed by atoms with Gasteiger partial charge in [-0.25, -0.2) is 8.42 Å². The van der Waals surface area contributed by atoms with Crippen molar-refractivity contribution >= 4 is 38.7 Å². The summed E-state index contributed by atoms with van der Waals surface area (Å²) >= 11 is 1.01. The lowest BCUT2D eigenvalue weighted by atomic mass is 9.96. The molecular formula is C20H30N4O3S2.